The molecule has 0 unspecified atom stereocenters. The van der Waals surface area contributed by atoms with Gasteiger partial charge >= 0.3 is 0 Å². The Kier molecular flexibility index (Phi) is 7.04. The molecule has 0 amide bonds. The number of benzene rings is 9. The summed E-state index contributed by atoms with van der Waals surface area (Å²) in [4.78, 5) is 6.77. The number of anilines is 3. The number of hydrogen-bond acceptors (Lipinski definition) is 2. The van der Waals surface area contributed by atoms with E-state index >= 15 is 0 Å². The van der Waals surface area contributed by atoms with Crippen LogP contribution in [0.15, 0.2) is 209 Å². The normalized spacial score (nSPS) is 12.8. The van der Waals surface area contributed by atoms with E-state index in [1.165, 1.54) is 90.0 Å². The third kappa shape index (κ3) is 4.78. The van der Waals surface area contributed by atoms with Crippen LogP contribution in [0.5, 0.6) is 0 Å². The van der Waals surface area contributed by atoms with E-state index in [1.54, 1.807) is 0 Å². The standard InChI is InChI=1S/C50H33NS2/c1-2-16-35-32-36(30-28-33(35)14-1)51(44-24-13-22-41-38-18-6-10-25-45(38)52-50(41)44)43-23-9-5-21-42(43)49-37-17-4-3-15-34(37)29-31-48(49)53-46-26-11-7-19-39(46)40-20-8-12-27-47(40)53/h1-32,53H. The molecular formula is C50H33NS2. The third-order valence-corrected chi connectivity index (χ3v) is 14.6. The zero-order valence-corrected chi connectivity index (χ0v) is 30.5. The largest absolute Gasteiger partial charge is 0.308 e. The number of thiol groups is 1. The van der Waals surface area contributed by atoms with Crippen molar-refractivity contribution in [1.29, 1.82) is 0 Å². The second kappa shape index (κ2) is 12.2. The summed E-state index contributed by atoms with van der Waals surface area (Å²) in [5.74, 6) is 0. The Morgan fingerprint density at radius 3 is 1.77 bits per heavy atom. The molecule has 0 spiro atoms. The van der Waals surface area contributed by atoms with Gasteiger partial charge in [-0.05, 0) is 81.2 Å². The van der Waals surface area contributed by atoms with Gasteiger partial charge in [-0.2, -0.15) is 10.9 Å². The summed E-state index contributed by atoms with van der Waals surface area (Å²) >= 11 is 1.88. The van der Waals surface area contributed by atoms with E-state index in [9.17, 15) is 0 Å². The smallest absolute Gasteiger partial charge is 0.0640 e. The first-order valence-corrected chi connectivity index (χ1v) is 20.3. The maximum Gasteiger partial charge on any atom is 0.0640 e. The predicted octanol–water partition coefficient (Wildman–Crippen LogP) is 15.0. The minimum atomic E-state index is -0.812. The maximum absolute atomic E-state index is 2.52. The van der Waals surface area contributed by atoms with Gasteiger partial charge in [-0.3, -0.25) is 0 Å². The second-order valence-corrected chi connectivity index (χ2v) is 16.9. The van der Waals surface area contributed by atoms with Crippen molar-refractivity contribution < 1.29 is 0 Å². The van der Waals surface area contributed by atoms with Crippen LogP contribution in [0.3, 0.4) is 0 Å². The molecule has 0 bridgehead atoms. The zero-order chi connectivity index (χ0) is 34.9. The Bertz CT molecular complexity index is 3000. The molecule has 0 saturated heterocycles. The van der Waals surface area contributed by atoms with Gasteiger partial charge in [-0.1, -0.05) is 146 Å². The lowest BCUT2D eigenvalue weighted by Gasteiger charge is -2.30. The molecule has 0 atom stereocenters. The van der Waals surface area contributed by atoms with Crippen molar-refractivity contribution in [2.24, 2.45) is 0 Å². The van der Waals surface area contributed by atoms with Crippen LogP contribution in [0.1, 0.15) is 0 Å². The lowest BCUT2D eigenvalue weighted by molar-refractivity contribution is 1.30. The number of rotatable bonds is 5. The minimum Gasteiger partial charge on any atom is -0.308 e. The Balaban J connectivity index is 1.23. The van der Waals surface area contributed by atoms with Gasteiger partial charge in [0.2, 0.25) is 0 Å². The molecule has 3 heteroatoms. The van der Waals surface area contributed by atoms with E-state index in [4.69, 9.17) is 0 Å². The summed E-state index contributed by atoms with van der Waals surface area (Å²) in [5, 5.41) is 7.59. The highest BCUT2D eigenvalue weighted by Crippen LogP contribution is 2.65. The summed E-state index contributed by atoms with van der Waals surface area (Å²) in [7, 11) is -0.812. The average molecular weight is 712 g/mol. The molecule has 1 aromatic heterocycles. The molecule has 250 valence electrons. The molecule has 1 nitrogen and oxygen atoms in total. The van der Waals surface area contributed by atoms with Gasteiger partial charge in [-0.25, -0.2) is 0 Å². The first-order valence-electron chi connectivity index (χ1n) is 18.1. The van der Waals surface area contributed by atoms with Gasteiger partial charge in [0.1, 0.15) is 0 Å². The van der Waals surface area contributed by atoms with Gasteiger partial charge in [0, 0.05) is 47.0 Å². The summed E-state index contributed by atoms with van der Waals surface area (Å²) in [6.07, 6.45) is 0. The molecule has 0 saturated carbocycles. The van der Waals surface area contributed by atoms with Crippen LogP contribution in [0.2, 0.25) is 0 Å². The van der Waals surface area contributed by atoms with Gasteiger partial charge in [-0.15, -0.1) is 11.3 Å². The van der Waals surface area contributed by atoms with E-state index in [-0.39, 0.29) is 0 Å². The van der Waals surface area contributed by atoms with Crippen molar-refractivity contribution in [3.05, 3.63) is 194 Å². The molecule has 10 aromatic rings. The SMILES string of the molecule is c1ccc(N(c2ccc3ccccc3c2)c2cccc3c2sc2ccccc23)c(-c2c([SH]3c4ccccc4-c4ccccc43)ccc3ccccc23)c1. The van der Waals surface area contributed by atoms with Crippen molar-refractivity contribution in [2.75, 3.05) is 4.90 Å². The number of fused-ring (bicyclic) bond motifs is 8. The molecule has 0 radical (unpaired) electrons. The molecule has 0 fully saturated rings. The molecule has 9 aromatic carbocycles. The van der Waals surface area contributed by atoms with Crippen LogP contribution in [0.25, 0.3) is 64.0 Å². The topological polar surface area (TPSA) is 3.24 Å². The molecular weight excluding hydrogens is 679 g/mol. The first-order chi connectivity index (χ1) is 26.3. The minimum absolute atomic E-state index is 0.812. The van der Waals surface area contributed by atoms with E-state index in [2.05, 4.69) is 199 Å². The van der Waals surface area contributed by atoms with Crippen molar-refractivity contribution >= 4 is 81.0 Å². The molecule has 1 aliphatic heterocycles. The molecule has 2 heterocycles. The molecule has 11 rings (SSSR count). The van der Waals surface area contributed by atoms with Crippen LogP contribution < -0.4 is 4.90 Å². The zero-order valence-electron chi connectivity index (χ0n) is 28.8. The lowest BCUT2D eigenvalue weighted by Crippen LogP contribution is -2.11. The van der Waals surface area contributed by atoms with Crippen LogP contribution >= 0.6 is 22.2 Å². The number of hydrogen-bond donors (Lipinski definition) is 1. The van der Waals surface area contributed by atoms with Gasteiger partial charge in [0.15, 0.2) is 0 Å². The fourth-order valence-corrected chi connectivity index (χ4v) is 12.4. The van der Waals surface area contributed by atoms with Crippen LogP contribution in [-0.4, -0.2) is 0 Å². The number of nitrogens with zero attached hydrogens (tertiary/aromatic N) is 1. The molecule has 0 N–H and O–H groups in total. The van der Waals surface area contributed by atoms with E-state index < -0.39 is 10.9 Å². The fourth-order valence-electron chi connectivity index (χ4n) is 8.42. The summed E-state index contributed by atoms with van der Waals surface area (Å²) in [5.41, 5.74) is 8.76. The molecule has 53 heavy (non-hydrogen) atoms. The first kappa shape index (κ1) is 30.5. The quantitative estimate of drug-likeness (QED) is 0.174. The summed E-state index contributed by atoms with van der Waals surface area (Å²) in [6.45, 7) is 0. The average Bonchev–Trinajstić information content (AvgIpc) is 3.77. The highest BCUT2D eigenvalue weighted by atomic mass is 32.2. The summed E-state index contributed by atoms with van der Waals surface area (Å²) in [6, 6.07) is 72.1. The van der Waals surface area contributed by atoms with Crippen LogP contribution in [-0.2, 0) is 0 Å². The van der Waals surface area contributed by atoms with E-state index in [0.717, 1.165) is 5.69 Å². The van der Waals surface area contributed by atoms with Crippen LogP contribution in [0, 0.1) is 0 Å². The maximum atomic E-state index is 2.52. The fraction of sp³-hybridized carbons (Fsp3) is 0. The van der Waals surface area contributed by atoms with E-state index in [1.807, 2.05) is 11.3 Å². The Labute approximate surface area is 315 Å². The van der Waals surface area contributed by atoms with Gasteiger partial charge in [0.05, 0.1) is 16.1 Å². The number of thiophene rings is 1. The van der Waals surface area contributed by atoms with Crippen molar-refractivity contribution in [2.45, 2.75) is 14.7 Å². The Hall–Kier alpha value is -6.13. The van der Waals surface area contributed by atoms with Crippen LogP contribution in [0.4, 0.5) is 17.1 Å². The monoisotopic (exact) mass is 711 g/mol. The van der Waals surface area contributed by atoms with Gasteiger partial charge in [0.25, 0.3) is 0 Å². The molecule has 0 aliphatic carbocycles. The van der Waals surface area contributed by atoms with Crippen molar-refractivity contribution in [3.8, 4) is 22.3 Å². The Morgan fingerprint density at radius 2 is 0.962 bits per heavy atom. The number of para-hydroxylation sites is 1. The highest BCUT2D eigenvalue weighted by molar-refractivity contribution is 8.17. The second-order valence-electron chi connectivity index (χ2n) is 13.7. The lowest BCUT2D eigenvalue weighted by atomic mass is 9.95. The summed E-state index contributed by atoms with van der Waals surface area (Å²) < 4.78 is 2.59. The van der Waals surface area contributed by atoms with Gasteiger partial charge < -0.3 is 4.90 Å². The Morgan fingerprint density at radius 1 is 0.377 bits per heavy atom. The third-order valence-electron chi connectivity index (χ3n) is 10.8. The highest BCUT2D eigenvalue weighted by Gasteiger charge is 2.30. The molecule has 1 aliphatic rings. The predicted molar refractivity (Wildman–Crippen MR) is 230 cm³/mol. The van der Waals surface area contributed by atoms with Crippen molar-refractivity contribution in [1.82, 2.24) is 0 Å². The van der Waals surface area contributed by atoms with Crippen molar-refractivity contribution in [3.63, 3.8) is 0 Å². The van der Waals surface area contributed by atoms with E-state index in [0.29, 0.717) is 0 Å².